The number of carbonyl (C=O) groups is 1. The van der Waals surface area contributed by atoms with Crippen LogP contribution >= 0.6 is 0 Å². The molecule has 3 nitrogen and oxygen atoms in total. The molecule has 2 N–H and O–H groups in total. The second-order valence-electron chi connectivity index (χ2n) is 7.03. The lowest BCUT2D eigenvalue weighted by Gasteiger charge is -2.34. The van der Waals surface area contributed by atoms with Gasteiger partial charge in [0.05, 0.1) is 6.04 Å². The van der Waals surface area contributed by atoms with Crippen molar-refractivity contribution in [3.63, 3.8) is 0 Å². The van der Waals surface area contributed by atoms with Crippen LogP contribution in [0.25, 0.3) is 0 Å². The van der Waals surface area contributed by atoms with Crippen molar-refractivity contribution < 1.29 is 4.79 Å². The maximum Gasteiger partial charge on any atom is 0.237 e. The Morgan fingerprint density at radius 3 is 2.48 bits per heavy atom. The zero-order valence-corrected chi connectivity index (χ0v) is 13.1. The fourth-order valence-corrected chi connectivity index (χ4v) is 4.01. The maximum absolute atomic E-state index is 12.5. The van der Waals surface area contributed by atoms with E-state index in [9.17, 15) is 4.79 Å². The highest BCUT2D eigenvalue weighted by Crippen LogP contribution is 2.28. The van der Waals surface area contributed by atoms with Crippen LogP contribution in [-0.2, 0) is 17.8 Å². The molecule has 0 radical (unpaired) electrons. The van der Waals surface area contributed by atoms with Crippen molar-refractivity contribution in [3.8, 4) is 0 Å². The molecule has 114 valence electrons. The van der Waals surface area contributed by atoms with Crippen molar-refractivity contribution in [1.82, 2.24) is 10.6 Å². The Morgan fingerprint density at radius 1 is 1.10 bits per heavy atom. The number of carbonyl (C=O) groups excluding carboxylic acids is 1. The maximum atomic E-state index is 12.5. The first-order chi connectivity index (χ1) is 10.1. The number of nitrogens with one attached hydrogen (secondary N) is 2. The van der Waals surface area contributed by atoms with Gasteiger partial charge in [0.25, 0.3) is 0 Å². The molecular formula is C18H26N2O. The van der Waals surface area contributed by atoms with Crippen molar-refractivity contribution in [3.05, 3.63) is 35.4 Å². The lowest BCUT2D eigenvalue weighted by Crippen LogP contribution is -2.51. The van der Waals surface area contributed by atoms with Crippen LogP contribution in [0.1, 0.15) is 44.2 Å². The van der Waals surface area contributed by atoms with Gasteiger partial charge in [0.1, 0.15) is 0 Å². The van der Waals surface area contributed by atoms with Crippen molar-refractivity contribution in [2.75, 3.05) is 0 Å². The first kappa shape index (κ1) is 14.6. The van der Waals surface area contributed by atoms with E-state index in [1.807, 2.05) is 0 Å². The van der Waals surface area contributed by atoms with Crippen molar-refractivity contribution in [2.24, 2.45) is 11.8 Å². The molecular weight excluding hydrogens is 260 g/mol. The lowest BCUT2D eigenvalue weighted by atomic mass is 9.80. The molecule has 1 aliphatic carbocycles. The van der Waals surface area contributed by atoms with Crippen molar-refractivity contribution in [1.29, 1.82) is 0 Å². The van der Waals surface area contributed by atoms with Crippen LogP contribution in [0.2, 0.25) is 0 Å². The first-order valence-corrected chi connectivity index (χ1v) is 8.22. The highest BCUT2D eigenvalue weighted by Gasteiger charge is 2.29. The Labute approximate surface area is 127 Å². The Kier molecular flexibility index (Phi) is 4.29. The summed E-state index contributed by atoms with van der Waals surface area (Å²) in [6.45, 7) is 5.39. The van der Waals surface area contributed by atoms with E-state index >= 15 is 0 Å². The quantitative estimate of drug-likeness (QED) is 0.877. The third-order valence-electron chi connectivity index (χ3n) is 4.92. The molecule has 0 aromatic heterocycles. The molecule has 2 aliphatic rings. The molecule has 3 atom stereocenters. The molecule has 0 bridgehead atoms. The summed E-state index contributed by atoms with van der Waals surface area (Å²) >= 11 is 0. The number of benzene rings is 1. The summed E-state index contributed by atoms with van der Waals surface area (Å²) in [5.41, 5.74) is 2.63. The van der Waals surface area contributed by atoms with Gasteiger partial charge in [-0.05, 0) is 48.6 Å². The third kappa shape index (κ3) is 3.46. The van der Waals surface area contributed by atoms with Crippen molar-refractivity contribution >= 4 is 5.91 Å². The highest BCUT2D eigenvalue weighted by molar-refractivity contribution is 5.82. The van der Waals surface area contributed by atoms with Crippen LogP contribution in [0.3, 0.4) is 0 Å². The standard InChI is InChI=1S/C18H26N2O/c1-12-7-13(2)9-16(8-12)20-18(21)17-10-14-5-3-4-6-15(14)11-19-17/h3-6,12-13,16-17,19H,7-11H2,1-2H3,(H,20,21)/t12?,13?,16?,17-/m1/s1. The molecule has 3 heteroatoms. The minimum absolute atomic E-state index is 0.0764. The van der Waals surface area contributed by atoms with Gasteiger partial charge in [-0.15, -0.1) is 0 Å². The second kappa shape index (κ2) is 6.18. The lowest BCUT2D eigenvalue weighted by molar-refractivity contribution is -0.124. The van der Waals surface area contributed by atoms with E-state index in [-0.39, 0.29) is 11.9 Å². The molecule has 1 aromatic rings. The summed E-state index contributed by atoms with van der Waals surface area (Å²) in [4.78, 5) is 12.5. The summed E-state index contributed by atoms with van der Waals surface area (Å²) in [7, 11) is 0. The van der Waals surface area contributed by atoms with E-state index < -0.39 is 0 Å². The zero-order chi connectivity index (χ0) is 14.8. The average molecular weight is 286 g/mol. The van der Waals surface area contributed by atoms with E-state index in [4.69, 9.17) is 0 Å². The number of rotatable bonds is 2. The number of hydrogen-bond donors (Lipinski definition) is 2. The van der Waals surface area contributed by atoms with Crippen LogP contribution in [-0.4, -0.2) is 18.0 Å². The van der Waals surface area contributed by atoms with E-state index in [0.29, 0.717) is 6.04 Å². The van der Waals surface area contributed by atoms with Gasteiger partial charge in [0, 0.05) is 12.6 Å². The first-order valence-electron chi connectivity index (χ1n) is 8.22. The summed E-state index contributed by atoms with van der Waals surface area (Å²) in [6, 6.07) is 8.68. The summed E-state index contributed by atoms with van der Waals surface area (Å²) in [5, 5.41) is 6.65. The predicted molar refractivity (Wildman–Crippen MR) is 84.9 cm³/mol. The Morgan fingerprint density at radius 2 is 1.76 bits per heavy atom. The monoisotopic (exact) mass is 286 g/mol. The van der Waals surface area contributed by atoms with Crippen LogP contribution < -0.4 is 10.6 Å². The van der Waals surface area contributed by atoms with Gasteiger partial charge < -0.3 is 10.6 Å². The van der Waals surface area contributed by atoms with Crippen molar-refractivity contribution in [2.45, 2.75) is 58.2 Å². The summed E-state index contributed by atoms with van der Waals surface area (Å²) < 4.78 is 0. The summed E-state index contributed by atoms with van der Waals surface area (Å²) in [5.74, 6) is 1.62. The molecule has 1 aliphatic heterocycles. The van der Waals surface area contributed by atoms with Gasteiger partial charge in [-0.25, -0.2) is 0 Å². The number of hydrogen-bond acceptors (Lipinski definition) is 2. The molecule has 1 heterocycles. The normalized spacial score (nSPS) is 32.3. The van der Waals surface area contributed by atoms with Gasteiger partial charge in [-0.1, -0.05) is 38.1 Å². The fraction of sp³-hybridized carbons (Fsp3) is 0.611. The third-order valence-corrected chi connectivity index (χ3v) is 4.92. The molecule has 1 saturated carbocycles. The molecule has 1 amide bonds. The molecule has 0 spiro atoms. The van der Waals surface area contributed by atoms with E-state index in [0.717, 1.165) is 37.6 Å². The van der Waals surface area contributed by atoms with E-state index in [1.54, 1.807) is 0 Å². The summed E-state index contributed by atoms with van der Waals surface area (Å²) in [6.07, 6.45) is 4.35. The zero-order valence-electron chi connectivity index (χ0n) is 13.1. The SMILES string of the molecule is CC1CC(C)CC(NC(=O)[C@H]2Cc3ccccc3CN2)C1. The molecule has 1 fully saturated rings. The number of amides is 1. The van der Waals surface area contributed by atoms with Crippen LogP contribution in [0.5, 0.6) is 0 Å². The highest BCUT2D eigenvalue weighted by atomic mass is 16.2. The molecule has 0 saturated heterocycles. The predicted octanol–water partition coefficient (Wildman–Crippen LogP) is 2.64. The minimum Gasteiger partial charge on any atom is -0.352 e. The van der Waals surface area contributed by atoms with Gasteiger partial charge in [-0.2, -0.15) is 0 Å². The van der Waals surface area contributed by atoms with Gasteiger partial charge in [0.2, 0.25) is 5.91 Å². The Hall–Kier alpha value is -1.35. The number of fused-ring (bicyclic) bond motifs is 1. The average Bonchev–Trinajstić information content (AvgIpc) is 2.45. The van der Waals surface area contributed by atoms with Crippen LogP contribution in [0, 0.1) is 11.8 Å². The Bertz CT molecular complexity index is 504. The smallest absolute Gasteiger partial charge is 0.237 e. The largest absolute Gasteiger partial charge is 0.352 e. The molecule has 2 unspecified atom stereocenters. The molecule has 21 heavy (non-hydrogen) atoms. The van der Waals surface area contributed by atoms with Crippen LogP contribution in [0.15, 0.2) is 24.3 Å². The Balaban J connectivity index is 1.59. The second-order valence-corrected chi connectivity index (χ2v) is 7.03. The fourth-order valence-electron chi connectivity index (χ4n) is 4.01. The molecule has 3 rings (SSSR count). The van der Waals surface area contributed by atoms with Gasteiger partial charge in [-0.3, -0.25) is 4.79 Å². The minimum atomic E-state index is -0.0764. The van der Waals surface area contributed by atoms with E-state index in [1.165, 1.54) is 17.5 Å². The topological polar surface area (TPSA) is 41.1 Å². The molecule has 1 aromatic carbocycles. The van der Waals surface area contributed by atoms with Gasteiger partial charge in [0.15, 0.2) is 0 Å². The van der Waals surface area contributed by atoms with Crippen LogP contribution in [0.4, 0.5) is 0 Å². The van der Waals surface area contributed by atoms with E-state index in [2.05, 4.69) is 48.7 Å². The van der Waals surface area contributed by atoms with Gasteiger partial charge >= 0.3 is 0 Å².